The number of thiophene rings is 1. The Balaban J connectivity index is 1.59. The molecule has 2 N–H and O–H groups in total. The van der Waals surface area contributed by atoms with E-state index < -0.39 is 0 Å². The molecule has 3 aromatic rings. The summed E-state index contributed by atoms with van der Waals surface area (Å²) in [6.07, 6.45) is 5.84. The first-order chi connectivity index (χ1) is 10.2. The first-order valence-corrected chi connectivity index (χ1v) is 7.89. The summed E-state index contributed by atoms with van der Waals surface area (Å²) in [5, 5.41) is 17.2. The van der Waals surface area contributed by atoms with Crippen LogP contribution in [0.2, 0.25) is 0 Å². The number of nitrogens with one attached hydrogen (secondary N) is 2. The van der Waals surface area contributed by atoms with Gasteiger partial charge in [0, 0.05) is 24.3 Å². The first kappa shape index (κ1) is 14.0. The van der Waals surface area contributed by atoms with E-state index in [4.69, 9.17) is 0 Å². The van der Waals surface area contributed by atoms with E-state index in [2.05, 4.69) is 58.2 Å². The highest BCUT2D eigenvalue weighted by Gasteiger charge is 2.10. The molecule has 6 heteroatoms. The zero-order valence-electron chi connectivity index (χ0n) is 12.2. The summed E-state index contributed by atoms with van der Waals surface area (Å²) >= 11 is 1.72. The Labute approximate surface area is 128 Å². The van der Waals surface area contributed by atoms with Gasteiger partial charge in [-0.3, -0.25) is 9.78 Å². The number of hydrogen-bond donors (Lipinski definition) is 2. The smallest absolute Gasteiger partial charge is 0.0794 e. The van der Waals surface area contributed by atoms with Gasteiger partial charge in [-0.05, 0) is 30.9 Å². The Morgan fingerprint density at radius 3 is 3.05 bits per heavy atom. The van der Waals surface area contributed by atoms with Gasteiger partial charge in [0.1, 0.15) is 0 Å². The minimum Gasteiger partial charge on any atom is -0.308 e. The Morgan fingerprint density at radius 2 is 2.33 bits per heavy atom. The lowest BCUT2D eigenvalue weighted by Gasteiger charge is -2.13. The third kappa shape index (κ3) is 3.40. The summed E-state index contributed by atoms with van der Waals surface area (Å²) in [5.74, 6) is 0. The van der Waals surface area contributed by atoms with Gasteiger partial charge < -0.3 is 5.32 Å². The molecule has 0 amide bonds. The van der Waals surface area contributed by atoms with E-state index in [1.165, 1.54) is 16.0 Å². The molecule has 0 bridgehead atoms. The van der Waals surface area contributed by atoms with Crippen LogP contribution in [0.4, 0.5) is 0 Å². The second-order valence-corrected chi connectivity index (χ2v) is 6.22. The van der Waals surface area contributed by atoms with Crippen LogP contribution >= 0.6 is 11.3 Å². The lowest BCUT2D eigenvalue weighted by molar-refractivity contribution is 0.451. The van der Waals surface area contributed by atoms with Crippen LogP contribution in [0.3, 0.4) is 0 Å². The zero-order chi connectivity index (χ0) is 14.7. The minimum atomic E-state index is 0.343. The highest BCUT2D eigenvalue weighted by Crippen LogP contribution is 2.25. The van der Waals surface area contributed by atoms with Crippen LogP contribution in [0.5, 0.6) is 0 Å². The Hall–Kier alpha value is -1.92. The Morgan fingerprint density at radius 1 is 1.43 bits per heavy atom. The molecular weight excluding hydrogens is 282 g/mol. The van der Waals surface area contributed by atoms with Crippen LogP contribution < -0.4 is 5.32 Å². The monoisotopic (exact) mass is 301 g/mol. The van der Waals surface area contributed by atoms with Crippen LogP contribution in [-0.4, -0.2) is 26.0 Å². The van der Waals surface area contributed by atoms with Crippen molar-refractivity contribution in [3.8, 4) is 10.6 Å². The summed E-state index contributed by atoms with van der Waals surface area (Å²) < 4.78 is 1.97. The van der Waals surface area contributed by atoms with Gasteiger partial charge in [0.15, 0.2) is 0 Å². The molecule has 0 aliphatic heterocycles. The summed E-state index contributed by atoms with van der Waals surface area (Å²) in [7, 11) is 0. The molecular formula is C15H19N5S. The fourth-order valence-corrected chi connectivity index (χ4v) is 3.03. The second kappa shape index (κ2) is 6.24. The molecule has 3 heterocycles. The van der Waals surface area contributed by atoms with Crippen molar-refractivity contribution >= 4 is 11.3 Å². The highest BCUT2D eigenvalue weighted by molar-refractivity contribution is 7.13. The van der Waals surface area contributed by atoms with Crippen molar-refractivity contribution in [3.05, 3.63) is 47.2 Å². The van der Waals surface area contributed by atoms with E-state index in [1.807, 2.05) is 17.1 Å². The van der Waals surface area contributed by atoms with Gasteiger partial charge in [-0.15, -0.1) is 11.3 Å². The van der Waals surface area contributed by atoms with Crippen LogP contribution in [0.1, 0.15) is 18.1 Å². The number of aromatic nitrogens is 4. The number of aromatic amines is 1. The quantitative estimate of drug-likeness (QED) is 0.736. The van der Waals surface area contributed by atoms with Crippen molar-refractivity contribution in [2.45, 2.75) is 33.0 Å². The topological polar surface area (TPSA) is 58.5 Å². The molecule has 0 fully saturated rings. The van der Waals surface area contributed by atoms with Gasteiger partial charge >= 0.3 is 0 Å². The first-order valence-electron chi connectivity index (χ1n) is 7.01. The van der Waals surface area contributed by atoms with Gasteiger partial charge in [0.05, 0.1) is 29.5 Å². The largest absolute Gasteiger partial charge is 0.308 e. The molecule has 0 aliphatic rings. The third-order valence-corrected chi connectivity index (χ3v) is 4.24. The van der Waals surface area contributed by atoms with Crippen molar-refractivity contribution in [2.75, 3.05) is 0 Å². The molecule has 0 saturated carbocycles. The maximum atomic E-state index is 4.32. The SMILES string of the molecule is Cc1cnn(C[C@H](C)NCc2cn[nH]c2-c2cccs2)c1. The molecule has 3 aromatic heterocycles. The number of rotatable bonds is 6. The normalized spacial score (nSPS) is 12.7. The fourth-order valence-electron chi connectivity index (χ4n) is 2.28. The van der Waals surface area contributed by atoms with Crippen molar-refractivity contribution in [2.24, 2.45) is 0 Å². The number of H-pyrrole nitrogens is 1. The zero-order valence-corrected chi connectivity index (χ0v) is 13.0. The van der Waals surface area contributed by atoms with Gasteiger partial charge in [0.2, 0.25) is 0 Å². The lowest BCUT2D eigenvalue weighted by atomic mass is 10.2. The van der Waals surface area contributed by atoms with Crippen molar-refractivity contribution in [1.82, 2.24) is 25.3 Å². The van der Waals surface area contributed by atoms with Crippen LogP contribution in [0.25, 0.3) is 10.6 Å². The van der Waals surface area contributed by atoms with Crippen molar-refractivity contribution in [1.29, 1.82) is 0 Å². The van der Waals surface area contributed by atoms with Crippen LogP contribution in [-0.2, 0) is 13.1 Å². The summed E-state index contributed by atoms with van der Waals surface area (Å²) in [6.45, 7) is 5.88. The van der Waals surface area contributed by atoms with Gasteiger partial charge in [-0.1, -0.05) is 6.07 Å². The van der Waals surface area contributed by atoms with E-state index in [9.17, 15) is 0 Å². The van der Waals surface area contributed by atoms with Gasteiger partial charge in [-0.25, -0.2) is 0 Å². The molecule has 21 heavy (non-hydrogen) atoms. The molecule has 0 saturated heterocycles. The third-order valence-electron chi connectivity index (χ3n) is 3.35. The highest BCUT2D eigenvalue weighted by atomic mass is 32.1. The van der Waals surface area contributed by atoms with Crippen LogP contribution in [0, 0.1) is 6.92 Å². The number of aryl methyl sites for hydroxylation is 1. The minimum absolute atomic E-state index is 0.343. The van der Waals surface area contributed by atoms with Gasteiger partial charge in [0.25, 0.3) is 0 Å². The number of hydrogen-bond acceptors (Lipinski definition) is 4. The predicted octanol–water partition coefficient (Wildman–Crippen LogP) is 2.82. The molecule has 1 atom stereocenters. The predicted molar refractivity (Wildman–Crippen MR) is 85.2 cm³/mol. The van der Waals surface area contributed by atoms with E-state index in [0.29, 0.717) is 6.04 Å². The Kier molecular flexibility index (Phi) is 4.17. The second-order valence-electron chi connectivity index (χ2n) is 5.27. The molecule has 0 unspecified atom stereocenters. The standard InChI is InChI=1S/C15H19N5S/c1-11-6-18-20(9-11)10-12(2)16-7-13-8-17-19-15(13)14-4-3-5-21-14/h3-6,8-9,12,16H,7,10H2,1-2H3,(H,17,19)/t12-/m0/s1. The van der Waals surface area contributed by atoms with E-state index in [1.54, 1.807) is 11.3 Å². The van der Waals surface area contributed by atoms with E-state index in [-0.39, 0.29) is 0 Å². The van der Waals surface area contributed by atoms with E-state index >= 15 is 0 Å². The molecule has 0 spiro atoms. The fraction of sp³-hybridized carbons (Fsp3) is 0.333. The van der Waals surface area contributed by atoms with E-state index in [0.717, 1.165) is 18.8 Å². The summed E-state index contributed by atoms with van der Waals surface area (Å²) in [4.78, 5) is 1.22. The summed E-state index contributed by atoms with van der Waals surface area (Å²) in [6, 6.07) is 4.51. The van der Waals surface area contributed by atoms with Crippen LogP contribution in [0.15, 0.2) is 36.1 Å². The molecule has 0 aliphatic carbocycles. The number of nitrogens with zero attached hydrogens (tertiary/aromatic N) is 3. The van der Waals surface area contributed by atoms with Crippen molar-refractivity contribution in [3.63, 3.8) is 0 Å². The maximum absolute atomic E-state index is 4.32. The molecule has 3 rings (SSSR count). The average Bonchev–Trinajstić information content (AvgIpc) is 3.16. The Bertz CT molecular complexity index is 683. The lowest BCUT2D eigenvalue weighted by Crippen LogP contribution is -2.30. The molecule has 110 valence electrons. The molecule has 0 aromatic carbocycles. The average molecular weight is 301 g/mol. The maximum Gasteiger partial charge on any atom is 0.0794 e. The molecule has 0 radical (unpaired) electrons. The summed E-state index contributed by atoms with van der Waals surface area (Å²) in [5.41, 5.74) is 3.50. The molecule has 5 nitrogen and oxygen atoms in total. The van der Waals surface area contributed by atoms with Crippen molar-refractivity contribution < 1.29 is 0 Å². The van der Waals surface area contributed by atoms with Gasteiger partial charge in [-0.2, -0.15) is 10.2 Å².